The van der Waals surface area contributed by atoms with Crippen LogP contribution in [0.2, 0.25) is 0 Å². The van der Waals surface area contributed by atoms with E-state index in [-0.39, 0.29) is 5.91 Å². The highest BCUT2D eigenvalue weighted by Crippen LogP contribution is 2.24. The van der Waals surface area contributed by atoms with Crippen LogP contribution in [0.25, 0.3) is 11.3 Å². The standard InChI is InChI=1S/C31H29N7O/c1-20-5-11-25(16-27(20)32)35-18-22-7-9-23(10-8-22)30(39)37-29-17-26(12-6-21(29)2)36-31-34-15-13-28(38-31)24-4-3-14-33-19-24/h3-17,19,35H,18,32H2,1-2H3,(H,37,39)(H,34,36,38). The Balaban J connectivity index is 1.23. The summed E-state index contributed by atoms with van der Waals surface area (Å²) in [5.74, 6) is 0.269. The molecular weight excluding hydrogens is 486 g/mol. The number of carbonyl (C=O) groups is 1. The average Bonchev–Trinajstić information content (AvgIpc) is 2.96. The lowest BCUT2D eigenvalue weighted by Gasteiger charge is -2.13. The number of nitrogens with zero attached hydrogens (tertiary/aromatic N) is 3. The van der Waals surface area contributed by atoms with Crippen molar-refractivity contribution in [3.8, 4) is 11.3 Å². The number of benzene rings is 3. The molecular formula is C31H29N7O. The van der Waals surface area contributed by atoms with Gasteiger partial charge in [-0.1, -0.05) is 24.3 Å². The van der Waals surface area contributed by atoms with Gasteiger partial charge in [-0.2, -0.15) is 0 Å². The maximum atomic E-state index is 13.0. The first-order valence-electron chi connectivity index (χ1n) is 12.6. The van der Waals surface area contributed by atoms with Crippen LogP contribution < -0.4 is 21.7 Å². The van der Waals surface area contributed by atoms with E-state index in [0.717, 1.165) is 45.0 Å². The molecule has 5 rings (SSSR count). The number of anilines is 5. The number of nitrogens with two attached hydrogens (primary N) is 1. The van der Waals surface area contributed by atoms with E-state index in [4.69, 9.17) is 5.73 Å². The lowest BCUT2D eigenvalue weighted by molar-refractivity contribution is 0.102. The number of aromatic nitrogens is 3. The topological polar surface area (TPSA) is 118 Å². The van der Waals surface area contributed by atoms with Crippen LogP contribution in [0.1, 0.15) is 27.0 Å². The third kappa shape index (κ3) is 6.37. The normalized spacial score (nSPS) is 10.6. The monoisotopic (exact) mass is 515 g/mol. The minimum atomic E-state index is -0.184. The zero-order chi connectivity index (χ0) is 27.2. The molecule has 2 aromatic heterocycles. The Hall–Kier alpha value is -5.24. The van der Waals surface area contributed by atoms with Crippen LogP contribution in [0.3, 0.4) is 0 Å². The van der Waals surface area contributed by atoms with Gasteiger partial charge in [-0.3, -0.25) is 9.78 Å². The van der Waals surface area contributed by atoms with Crippen molar-refractivity contribution in [1.29, 1.82) is 0 Å². The van der Waals surface area contributed by atoms with E-state index in [0.29, 0.717) is 23.7 Å². The van der Waals surface area contributed by atoms with Crippen molar-refractivity contribution in [2.75, 3.05) is 21.7 Å². The second kappa shape index (κ2) is 11.4. The van der Waals surface area contributed by atoms with E-state index in [9.17, 15) is 4.79 Å². The number of nitrogens with one attached hydrogen (secondary N) is 3. The molecule has 0 fully saturated rings. The van der Waals surface area contributed by atoms with Crippen LogP contribution in [-0.4, -0.2) is 20.9 Å². The molecule has 0 aliphatic heterocycles. The van der Waals surface area contributed by atoms with Crippen molar-refractivity contribution in [3.05, 3.63) is 120 Å². The predicted octanol–water partition coefficient (Wildman–Crippen LogP) is 6.35. The van der Waals surface area contributed by atoms with Crippen molar-refractivity contribution < 1.29 is 4.79 Å². The summed E-state index contributed by atoms with van der Waals surface area (Å²) in [7, 11) is 0. The Morgan fingerprint density at radius 3 is 2.44 bits per heavy atom. The van der Waals surface area contributed by atoms with Crippen molar-refractivity contribution in [2.24, 2.45) is 0 Å². The summed E-state index contributed by atoms with van der Waals surface area (Å²) in [5, 5.41) is 9.61. The highest BCUT2D eigenvalue weighted by molar-refractivity contribution is 6.05. The maximum Gasteiger partial charge on any atom is 0.255 e. The summed E-state index contributed by atoms with van der Waals surface area (Å²) >= 11 is 0. The van der Waals surface area contributed by atoms with Gasteiger partial charge < -0.3 is 21.7 Å². The highest BCUT2D eigenvalue weighted by Gasteiger charge is 2.10. The van der Waals surface area contributed by atoms with Gasteiger partial charge in [0.25, 0.3) is 5.91 Å². The van der Waals surface area contributed by atoms with Crippen molar-refractivity contribution in [3.63, 3.8) is 0 Å². The molecule has 0 unspecified atom stereocenters. The highest BCUT2D eigenvalue weighted by atomic mass is 16.1. The molecule has 0 aliphatic rings. The van der Waals surface area contributed by atoms with Crippen molar-refractivity contribution >= 4 is 34.6 Å². The van der Waals surface area contributed by atoms with Crippen LogP contribution in [0.5, 0.6) is 0 Å². The summed E-state index contributed by atoms with van der Waals surface area (Å²) in [6.45, 7) is 4.56. The summed E-state index contributed by atoms with van der Waals surface area (Å²) in [6, 6.07) is 24.8. The second-order valence-corrected chi connectivity index (χ2v) is 9.24. The summed E-state index contributed by atoms with van der Waals surface area (Å²) in [6.07, 6.45) is 5.18. The molecule has 39 heavy (non-hydrogen) atoms. The predicted molar refractivity (Wildman–Crippen MR) is 157 cm³/mol. The number of aryl methyl sites for hydroxylation is 2. The lowest BCUT2D eigenvalue weighted by Crippen LogP contribution is -2.13. The first kappa shape index (κ1) is 25.4. The van der Waals surface area contributed by atoms with Gasteiger partial charge in [0.05, 0.1) is 5.69 Å². The van der Waals surface area contributed by atoms with Gasteiger partial charge in [-0.25, -0.2) is 9.97 Å². The molecule has 0 spiro atoms. The molecule has 2 heterocycles. The second-order valence-electron chi connectivity index (χ2n) is 9.24. The Bertz CT molecular complexity index is 1600. The zero-order valence-corrected chi connectivity index (χ0v) is 21.8. The van der Waals surface area contributed by atoms with Gasteiger partial charge in [-0.05, 0) is 85.1 Å². The minimum absolute atomic E-state index is 0.184. The fraction of sp³-hybridized carbons (Fsp3) is 0.0968. The number of rotatable bonds is 8. The number of pyridine rings is 1. The Morgan fingerprint density at radius 1 is 0.872 bits per heavy atom. The summed E-state index contributed by atoms with van der Waals surface area (Å²) < 4.78 is 0. The number of carbonyl (C=O) groups excluding carboxylic acids is 1. The van der Waals surface area contributed by atoms with Gasteiger partial charge in [0.1, 0.15) is 0 Å². The molecule has 1 amide bonds. The molecule has 0 bridgehead atoms. The van der Waals surface area contributed by atoms with E-state index in [1.165, 1.54) is 0 Å². The molecule has 194 valence electrons. The molecule has 0 saturated heterocycles. The first-order valence-corrected chi connectivity index (χ1v) is 12.6. The average molecular weight is 516 g/mol. The molecule has 0 aliphatic carbocycles. The van der Waals surface area contributed by atoms with Gasteiger partial charge in [0.2, 0.25) is 5.95 Å². The number of hydrogen-bond donors (Lipinski definition) is 4. The Morgan fingerprint density at radius 2 is 1.67 bits per heavy atom. The van der Waals surface area contributed by atoms with Crippen molar-refractivity contribution in [1.82, 2.24) is 15.0 Å². The van der Waals surface area contributed by atoms with Gasteiger partial charge in [0, 0.05) is 59.0 Å². The molecule has 5 N–H and O–H groups in total. The quantitative estimate of drug-likeness (QED) is 0.178. The molecule has 8 heteroatoms. The third-order valence-electron chi connectivity index (χ3n) is 6.35. The number of hydrogen-bond acceptors (Lipinski definition) is 7. The van der Waals surface area contributed by atoms with Crippen LogP contribution in [0.4, 0.5) is 28.7 Å². The molecule has 0 atom stereocenters. The van der Waals surface area contributed by atoms with E-state index < -0.39 is 0 Å². The molecule has 0 radical (unpaired) electrons. The minimum Gasteiger partial charge on any atom is -0.398 e. The summed E-state index contributed by atoms with van der Waals surface area (Å²) in [4.78, 5) is 26.1. The first-order chi connectivity index (χ1) is 18.9. The van der Waals surface area contributed by atoms with Gasteiger partial charge in [0.15, 0.2) is 0 Å². The summed E-state index contributed by atoms with van der Waals surface area (Å²) in [5.41, 5.74) is 14.5. The van der Waals surface area contributed by atoms with E-state index in [1.807, 2.05) is 92.7 Å². The van der Waals surface area contributed by atoms with Gasteiger partial charge >= 0.3 is 0 Å². The zero-order valence-electron chi connectivity index (χ0n) is 21.8. The lowest BCUT2D eigenvalue weighted by atomic mass is 10.1. The molecule has 8 nitrogen and oxygen atoms in total. The fourth-order valence-corrected chi connectivity index (χ4v) is 3.98. The van der Waals surface area contributed by atoms with E-state index >= 15 is 0 Å². The fourth-order valence-electron chi connectivity index (χ4n) is 3.98. The number of amides is 1. The van der Waals surface area contributed by atoms with Crippen LogP contribution in [0, 0.1) is 13.8 Å². The molecule has 5 aromatic rings. The van der Waals surface area contributed by atoms with Gasteiger partial charge in [-0.15, -0.1) is 0 Å². The third-order valence-corrected chi connectivity index (χ3v) is 6.35. The maximum absolute atomic E-state index is 13.0. The van der Waals surface area contributed by atoms with Crippen LogP contribution >= 0.6 is 0 Å². The van der Waals surface area contributed by atoms with Crippen LogP contribution in [-0.2, 0) is 6.54 Å². The smallest absolute Gasteiger partial charge is 0.255 e. The Kier molecular flexibility index (Phi) is 7.45. The van der Waals surface area contributed by atoms with E-state index in [1.54, 1.807) is 18.6 Å². The van der Waals surface area contributed by atoms with E-state index in [2.05, 4.69) is 30.9 Å². The Labute approximate surface area is 227 Å². The number of nitrogen functional groups attached to an aromatic ring is 1. The SMILES string of the molecule is Cc1ccc(NCc2ccc(C(=O)Nc3cc(Nc4nccc(-c5cccnc5)n4)ccc3C)cc2)cc1N. The van der Waals surface area contributed by atoms with Crippen LogP contribution in [0.15, 0.2) is 97.5 Å². The largest absolute Gasteiger partial charge is 0.398 e. The molecule has 0 saturated carbocycles. The molecule has 3 aromatic carbocycles. The van der Waals surface area contributed by atoms with Crippen molar-refractivity contribution in [2.45, 2.75) is 20.4 Å².